The highest BCUT2D eigenvalue weighted by Crippen LogP contribution is 2.18. The van der Waals surface area contributed by atoms with Gasteiger partial charge in [-0.15, -0.1) is 0 Å². The topological polar surface area (TPSA) is 98.5 Å². The Morgan fingerprint density at radius 3 is 2.39 bits per heavy atom. The largest absolute Gasteiger partial charge is 0.465 e. The van der Waals surface area contributed by atoms with Crippen LogP contribution in [0, 0.1) is 10.1 Å². The van der Waals surface area contributed by atoms with Gasteiger partial charge in [-0.2, -0.15) is 0 Å². The van der Waals surface area contributed by atoms with Crippen molar-refractivity contribution < 1.29 is 19.2 Å². The first-order valence-corrected chi connectivity index (χ1v) is 6.71. The van der Waals surface area contributed by atoms with Gasteiger partial charge in [0, 0.05) is 24.2 Å². The van der Waals surface area contributed by atoms with Gasteiger partial charge >= 0.3 is 5.97 Å². The van der Waals surface area contributed by atoms with Crippen LogP contribution in [0.1, 0.15) is 26.3 Å². The summed E-state index contributed by atoms with van der Waals surface area (Å²) in [5.74, 6) is -1.26. The van der Waals surface area contributed by atoms with E-state index in [2.05, 4.69) is 10.1 Å². The molecule has 1 N–H and O–H groups in total. The lowest BCUT2D eigenvalue weighted by Gasteiger charge is -2.07. The van der Waals surface area contributed by atoms with E-state index in [1.165, 1.54) is 6.07 Å². The monoisotopic (exact) mass is 314 g/mol. The molecule has 0 aromatic heterocycles. The molecular weight excluding hydrogens is 300 g/mol. The number of nitro groups is 1. The molecule has 0 unspecified atom stereocenters. The average Bonchev–Trinajstić information content (AvgIpc) is 2.59. The number of carbonyl (C=O) groups excluding carboxylic acids is 2. The number of carbonyl (C=O) groups is 2. The van der Waals surface area contributed by atoms with Gasteiger partial charge in [-0.3, -0.25) is 14.9 Å². The number of benzene rings is 2. The SMILES string of the molecule is COC(=O)c1cc(C(=O)NCc2ccccc2)cc([N+](=O)[O-])c1. The molecule has 7 heteroatoms. The predicted molar refractivity (Wildman–Crippen MR) is 82.0 cm³/mol. The van der Waals surface area contributed by atoms with Crippen LogP contribution in [-0.2, 0) is 11.3 Å². The van der Waals surface area contributed by atoms with Crippen molar-refractivity contribution in [1.29, 1.82) is 0 Å². The summed E-state index contributed by atoms with van der Waals surface area (Å²) in [7, 11) is 1.16. The van der Waals surface area contributed by atoms with E-state index in [1.807, 2.05) is 30.3 Å². The van der Waals surface area contributed by atoms with Gasteiger partial charge in [-0.05, 0) is 11.6 Å². The average molecular weight is 314 g/mol. The summed E-state index contributed by atoms with van der Waals surface area (Å²) in [6.07, 6.45) is 0. The Bertz CT molecular complexity index is 743. The molecule has 0 aliphatic heterocycles. The zero-order chi connectivity index (χ0) is 16.8. The van der Waals surface area contributed by atoms with E-state index in [9.17, 15) is 19.7 Å². The third-order valence-corrected chi connectivity index (χ3v) is 3.11. The first-order chi connectivity index (χ1) is 11.0. The third-order valence-electron chi connectivity index (χ3n) is 3.11. The number of non-ortho nitro benzene ring substituents is 1. The minimum absolute atomic E-state index is 0.0236. The first kappa shape index (κ1) is 16.2. The smallest absolute Gasteiger partial charge is 0.338 e. The Labute approximate surface area is 132 Å². The number of amides is 1. The zero-order valence-electron chi connectivity index (χ0n) is 12.3. The van der Waals surface area contributed by atoms with Crippen LogP contribution in [0.25, 0.3) is 0 Å². The molecule has 0 aliphatic carbocycles. The summed E-state index contributed by atoms with van der Waals surface area (Å²) in [4.78, 5) is 34.0. The van der Waals surface area contributed by atoms with Crippen molar-refractivity contribution in [1.82, 2.24) is 5.32 Å². The number of nitrogens with zero attached hydrogens (tertiary/aromatic N) is 1. The van der Waals surface area contributed by atoms with E-state index in [0.29, 0.717) is 0 Å². The van der Waals surface area contributed by atoms with E-state index in [4.69, 9.17) is 0 Å². The Morgan fingerprint density at radius 1 is 1.13 bits per heavy atom. The molecular formula is C16H14N2O5. The number of hydrogen-bond acceptors (Lipinski definition) is 5. The van der Waals surface area contributed by atoms with Crippen LogP contribution in [0.4, 0.5) is 5.69 Å². The lowest BCUT2D eigenvalue weighted by molar-refractivity contribution is -0.384. The maximum atomic E-state index is 12.2. The second kappa shape index (κ2) is 7.17. The molecule has 118 valence electrons. The van der Waals surface area contributed by atoms with Crippen LogP contribution >= 0.6 is 0 Å². The van der Waals surface area contributed by atoms with Gasteiger partial charge in [0.05, 0.1) is 17.6 Å². The van der Waals surface area contributed by atoms with Crippen molar-refractivity contribution in [3.8, 4) is 0 Å². The van der Waals surface area contributed by atoms with Crippen LogP contribution in [0.5, 0.6) is 0 Å². The summed E-state index contributed by atoms with van der Waals surface area (Å²) in [5, 5.41) is 13.6. The molecule has 0 saturated heterocycles. The van der Waals surface area contributed by atoms with E-state index in [-0.39, 0.29) is 23.4 Å². The maximum absolute atomic E-state index is 12.2. The fourth-order valence-corrected chi connectivity index (χ4v) is 1.96. The Balaban J connectivity index is 2.23. The Hall–Kier alpha value is -3.22. The highest BCUT2D eigenvalue weighted by Gasteiger charge is 2.18. The number of esters is 1. The number of ether oxygens (including phenoxy) is 1. The first-order valence-electron chi connectivity index (χ1n) is 6.71. The van der Waals surface area contributed by atoms with Gasteiger partial charge in [0.1, 0.15) is 0 Å². The predicted octanol–water partition coefficient (Wildman–Crippen LogP) is 2.31. The molecule has 0 radical (unpaired) electrons. The second-order valence-electron chi connectivity index (χ2n) is 4.69. The molecule has 0 saturated carbocycles. The van der Waals surface area contributed by atoms with E-state index in [1.54, 1.807) is 0 Å². The van der Waals surface area contributed by atoms with Crippen molar-refractivity contribution in [3.05, 3.63) is 75.3 Å². The highest BCUT2D eigenvalue weighted by molar-refractivity contribution is 5.98. The molecule has 0 aliphatic rings. The zero-order valence-corrected chi connectivity index (χ0v) is 12.3. The van der Waals surface area contributed by atoms with Gasteiger partial charge in [-0.25, -0.2) is 4.79 Å². The molecule has 2 aromatic carbocycles. The van der Waals surface area contributed by atoms with Gasteiger partial charge in [0.2, 0.25) is 0 Å². The molecule has 2 aromatic rings. The van der Waals surface area contributed by atoms with Crippen LogP contribution in [0.3, 0.4) is 0 Å². The normalized spacial score (nSPS) is 9.96. The van der Waals surface area contributed by atoms with Crippen LogP contribution in [-0.4, -0.2) is 23.9 Å². The van der Waals surface area contributed by atoms with Gasteiger partial charge in [-0.1, -0.05) is 30.3 Å². The summed E-state index contributed by atoms with van der Waals surface area (Å²) < 4.78 is 4.54. The number of hydrogen-bond donors (Lipinski definition) is 1. The van der Waals surface area contributed by atoms with Crippen molar-refractivity contribution in [3.63, 3.8) is 0 Å². The van der Waals surface area contributed by atoms with Crippen molar-refractivity contribution in [2.75, 3.05) is 7.11 Å². The molecule has 0 atom stereocenters. The Kier molecular flexibility index (Phi) is 5.03. The quantitative estimate of drug-likeness (QED) is 0.519. The summed E-state index contributed by atoms with van der Waals surface area (Å²) in [6.45, 7) is 0.274. The van der Waals surface area contributed by atoms with E-state index in [0.717, 1.165) is 24.8 Å². The lowest BCUT2D eigenvalue weighted by atomic mass is 10.1. The molecule has 0 bridgehead atoms. The van der Waals surface area contributed by atoms with Crippen LogP contribution in [0.2, 0.25) is 0 Å². The molecule has 23 heavy (non-hydrogen) atoms. The molecule has 0 heterocycles. The molecule has 0 fully saturated rings. The summed E-state index contributed by atoms with van der Waals surface area (Å²) >= 11 is 0. The summed E-state index contributed by atoms with van der Waals surface area (Å²) in [5.41, 5.74) is 0.513. The van der Waals surface area contributed by atoms with Gasteiger partial charge < -0.3 is 10.1 Å². The number of nitro benzene ring substituents is 1. The van der Waals surface area contributed by atoms with Gasteiger partial charge in [0.25, 0.3) is 11.6 Å². The minimum Gasteiger partial charge on any atom is -0.465 e. The van der Waals surface area contributed by atoms with Crippen molar-refractivity contribution >= 4 is 17.6 Å². The third kappa shape index (κ3) is 4.13. The van der Waals surface area contributed by atoms with Gasteiger partial charge in [0.15, 0.2) is 0 Å². The number of nitrogens with one attached hydrogen (secondary N) is 1. The van der Waals surface area contributed by atoms with Crippen molar-refractivity contribution in [2.45, 2.75) is 6.54 Å². The van der Waals surface area contributed by atoms with E-state index < -0.39 is 16.8 Å². The molecule has 0 spiro atoms. The van der Waals surface area contributed by atoms with Crippen molar-refractivity contribution in [2.24, 2.45) is 0 Å². The highest BCUT2D eigenvalue weighted by atomic mass is 16.6. The lowest BCUT2D eigenvalue weighted by Crippen LogP contribution is -2.23. The van der Waals surface area contributed by atoms with Crippen LogP contribution < -0.4 is 5.32 Å². The Morgan fingerprint density at radius 2 is 1.78 bits per heavy atom. The second-order valence-corrected chi connectivity index (χ2v) is 4.69. The molecule has 7 nitrogen and oxygen atoms in total. The standard InChI is InChI=1S/C16H14N2O5/c1-23-16(20)13-7-12(8-14(9-13)18(21)22)15(19)17-10-11-5-3-2-4-6-11/h2-9H,10H2,1H3,(H,17,19). The van der Waals surface area contributed by atoms with E-state index >= 15 is 0 Å². The minimum atomic E-state index is -0.745. The maximum Gasteiger partial charge on any atom is 0.338 e. The number of methoxy groups -OCH3 is 1. The fourth-order valence-electron chi connectivity index (χ4n) is 1.96. The summed E-state index contributed by atoms with van der Waals surface area (Å²) in [6, 6.07) is 12.7. The van der Waals surface area contributed by atoms with Crippen LogP contribution in [0.15, 0.2) is 48.5 Å². The molecule has 2 rings (SSSR count). The number of rotatable bonds is 5. The fraction of sp³-hybridized carbons (Fsp3) is 0.125. The molecule has 1 amide bonds.